The van der Waals surface area contributed by atoms with E-state index in [2.05, 4.69) is 25.9 Å². The van der Waals surface area contributed by atoms with Crippen LogP contribution in [0.2, 0.25) is 5.28 Å². The number of fused-ring (bicyclic) bond motifs is 1. The molecular weight excluding hydrogens is 346 g/mol. The van der Waals surface area contributed by atoms with Gasteiger partial charge < -0.3 is 5.11 Å². The topological polar surface area (TPSA) is 66.3 Å². The fraction of sp³-hybridized carbons (Fsp3) is 0.308. The molecule has 1 amide bonds. The summed E-state index contributed by atoms with van der Waals surface area (Å²) in [5, 5.41) is 10.1. The van der Waals surface area contributed by atoms with Crippen molar-refractivity contribution in [1.29, 1.82) is 0 Å². The third kappa shape index (κ3) is 2.28. The summed E-state index contributed by atoms with van der Waals surface area (Å²) in [7, 11) is 0. The van der Waals surface area contributed by atoms with Crippen LogP contribution in [0, 0.1) is 5.92 Å². The molecule has 7 heteroatoms. The largest absolute Gasteiger partial charge is 0.396 e. The van der Waals surface area contributed by atoms with E-state index in [9.17, 15) is 9.90 Å². The van der Waals surface area contributed by atoms with Crippen molar-refractivity contribution in [2.75, 3.05) is 18.1 Å². The summed E-state index contributed by atoms with van der Waals surface area (Å²) in [6.07, 6.45) is 0.327. The van der Waals surface area contributed by atoms with Gasteiger partial charge in [0.05, 0.1) is 5.52 Å². The zero-order chi connectivity index (χ0) is 14.3. The fourth-order valence-electron chi connectivity index (χ4n) is 2.39. The van der Waals surface area contributed by atoms with Gasteiger partial charge in [-0.25, -0.2) is 4.98 Å². The number of aliphatic hydroxyl groups is 1. The molecule has 1 aliphatic heterocycles. The number of halogens is 2. The second-order valence-electron chi connectivity index (χ2n) is 4.71. The van der Waals surface area contributed by atoms with E-state index in [-0.39, 0.29) is 23.7 Å². The van der Waals surface area contributed by atoms with Gasteiger partial charge >= 0.3 is 0 Å². The third-order valence-electron chi connectivity index (χ3n) is 3.35. The van der Waals surface area contributed by atoms with Gasteiger partial charge in [-0.1, -0.05) is 6.07 Å². The number of amides is 1. The lowest BCUT2D eigenvalue weighted by molar-refractivity contribution is -0.117. The first-order valence-electron chi connectivity index (χ1n) is 6.13. The van der Waals surface area contributed by atoms with Crippen molar-refractivity contribution in [2.45, 2.75) is 6.42 Å². The maximum Gasteiger partial charge on any atom is 0.228 e. The highest BCUT2D eigenvalue weighted by Crippen LogP contribution is 2.33. The Bertz CT molecular complexity index is 695. The summed E-state index contributed by atoms with van der Waals surface area (Å²) in [6, 6.07) is 5.57. The lowest BCUT2D eigenvalue weighted by atomic mass is 10.1. The van der Waals surface area contributed by atoms with Gasteiger partial charge in [0.1, 0.15) is 5.82 Å². The number of aromatic nitrogens is 2. The van der Waals surface area contributed by atoms with Gasteiger partial charge in [0.2, 0.25) is 11.2 Å². The fourth-order valence-corrected chi connectivity index (χ4v) is 3.01. The van der Waals surface area contributed by atoms with Crippen LogP contribution in [0.25, 0.3) is 10.9 Å². The number of anilines is 1. The first kappa shape index (κ1) is 13.7. The van der Waals surface area contributed by atoms with Gasteiger partial charge in [-0.3, -0.25) is 9.69 Å². The van der Waals surface area contributed by atoms with E-state index in [1.807, 2.05) is 18.2 Å². The third-order valence-corrected chi connectivity index (χ3v) is 4.16. The number of hydrogen-bond donors (Lipinski definition) is 1. The smallest absolute Gasteiger partial charge is 0.228 e. The van der Waals surface area contributed by atoms with Gasteiger partial charge in [0.25, 0.3) is 0 Å². The number of rotatable bonds is 2. The second kappa shape index (κ2) is 5.27. The van der Waals surface area contributed by atoms with Crippen LogP contribution in [0.15, 0.2) is 22.7 Å². The molecule has 1 fully saturated rings. The van der Waals surface area contributed by atoms with E-state index < -0.39 is 0 Å². The van der Waals surface area contributed by atoms with Gasteiger partial charge in [-0.15, -0.1) is 0 Å². The van der Waals surface area contributed by atoms with Crippen LogP contribution < -0.4 is 4.90 Å². The van der Waals surface area contributed by atoms with Crippen LogP contribution in [-0.4, -0.2) is 34.1 Å². The Hall–Kier alpha value is -1.24. The van der Waals surface area contributed by atoms with Crippen molar-refractivity contribution in [3.05, 3.63) is 28.0 Å². The standard InChI is InChI=1S/C13H11BrClN3O2/c14-9-3-1-2-8-11(9)16-13(15)17-12(8)18-5-7(6-19)4-10(18)20/h1-3,7,19H,4-6H2. The van der Waals surface area contributed by atoms with Crippen LogP contribution >= 0.6 is 27.5 Å². The molecule has 2 aromatic rings. The molecule has 0 saturated carbocycles. The minimum Gasteiger partial charge on any atom is -0.396 e. The van der Waals surface area contributed by atoms with Gasteiger partial charge in [0, 0.05) is 35.3 Å². The van der Waals surface area contributed by atoms with Crippen molar-refractivity contribution in [3.8, 4) is 0 Å². The van der Waals surface area contributed by atoms with E-state index >= 15 is 0 Å². The molecular formula is C13H11BrClN3O2. The number of carbonyl (C=O) groups is 1. The SMILES string of the molecule is O=C1CC(CO)CN1c1nc(Cl)nc2c(Br)cccc12. The molecule has 1 aliphatic rings. The number of benzene rings is 1. The Morgan fingerprint density at radius 3 is 2.95 bits per heavy atom. The first-order valence-corrected chi connectivity index (χ1v) is 7.30. The number of hydrogen-bond acceptors (Lipinski definition) is 4. The highest BCUT2D eigenvalue weighted by molar-refractivity contribution is 9.10. The maximum atomic E-state index is 12.1. The minimum absolute atomic E-state index is 0.0112. The van der Waals surface area contributed by atoms with Crippen molar-refractivity contribution < 1.29 is 9.90 Å². The summed E-state index contributed by atoms with van der Waals surface area (Å²) >= 11 is 9.38. The molecule has 20 heavy (non-hydrogen) atoms. The van der Waals surface area contributed by atoms with Crippen LogP contribution in [0.3, 0.4) is 0 Å². The van der Waals surface area contributed by atoms with E-state index in [0.717, 1.165) is 9.86 Å². The number of nitrogens with zero attached hydrogens (tertiary/aromatic N) is 3. The second-order valence-corrected chi connectivity index (χ2v) is 5.90. The van der Waals surface area contributed by atoms with Crippen molar-refractivity contribution in [2.24, 2.45) is 5.92 Å². The van der Waals surface area contributed by atoms with E-state index in [1.165, 1.54) is 0 Å². The Morgan fingerprint density at radius 1 is 1.45 bits per heavy atom. The van der Waals surface area contributed by atoms with Gasteiger partial charge in [0.15, 0.2) is 0 Å². The van der Waals surface area contributed by atoms with Crippen molar-refractivity contribution in [1.82, 2.24) is 9.97 Å². The number of carbonyl (C=O) groups excluding carboxylic acids is 1. The van der Waals surface area contributed by atoms with E-state index in [4.69, 9.17) is 11.6 Å². The van der Waals surface area contributed by atoms with E-state index in [0.29, 0.717) is 24.3 Å². The number of para-hydroxylation sites is 1. The summed E-state index contributed by atoms with van der Waals surface area (Å²) in [5.74, 6) is 0.390. The summed E-state index contributed by atoms with van der Waals surface area (Å²) in [5.41, 5.74) is 0.669. The van der Waals surface area contributed by atoms with Crippen LogP contribution in [0.4, 0.5) is 5.82 Å². The van der Waals surface area contributed by atoms with Crippen LogP contribution in [-0.2, 0) is 4.79 Å². The highest BCUT2D eigenvalue weighted by Gasteiger charge is 2.32. The molecule has 1 N–H and O–H groups in total. The molecule has 0 radical (unpaired) electrons. The molecule has 1 aromatic carbocycles. The molecule has 0 spiro atoms. The monoisotopic (exact) mass is 355 g/mol. The van der Waals surface area contributed by atoms with Crippen LogP contribution in [0.1, 0.15) is 6.42 Å². The van der Waals surface area contributed by atoms with Gasteiger partial charge in [-0.05, 0) is 39.7 Å². The normalized spacial score (nSPS) is 19.1. The van der Waals surface area contributed by atoms with Crippen molar-refractivity contribution in [3.63, 3.8) is 0 Å². The van der Waals surface area contributed by atoms with Crippen molar-refractivity contribution >= 4 is 50.2 Å². The molecule has 0 bridgehead atoms. The molecule has 1 aromatic heterocycles. The highest BCUT2D eigenvalue weighted by atomic mass is 79.9. The average molecular weight is 357 g/mol. The maximum absolute atomic E-state index is 12.1. The molecule has 3 rings (SSSR count). The first-order chi connectivity index (χ1) is 9.60. The molecule has 1 atom stereocenters. The van der Waals surface area contributed by atoms with E-state index in [1.54, 1.807) is 4.90 Å². The Kier molecular flexibility index (Phi) is 3.62. The number of aliphatic hydroxyl groups excluding tert-OH is 1. The molecule has 2 heterocycles. The summed E-state index contributed by atoms with van der Waals surface area (Å²) in [4.78, 5) is 22.0. The van der Waals surface area contributed by atoms with Gasteiger partial charge in [-0.2, -0.15) is 4.98 Å². The Labute approximate surface area is 128 Å². The quantitative estimate of drug-likeness (QED) is 0.839. The molecule has 1 saturated heterocycles. The molecule has 0 aliphatic carbocycles. The molecule has 5 nitrogen and oxygen atoms in total. The molecule has 104 valence electrons. The zero-order valence-electron chi connectivity index (χ0n) is 10.4. The average Bonchev–Trinajstić information content (AvgIpc) is 2.80. The lowest BCUT2D eigenvalue weighted by Crippen LogP contribution is -2.26. The lowest BCUT2D eigenvalue weighted by Gasteiger charge is -2.17. The molecule has 1 unspecified atom stereocenters. The predicted octanol–water partition coefficient (Wildman–Crippen LogP) is 2.39. The zero-order valence-corrected chi connectivity index (χ0v) is 12.7. The Morgan fingerprint density at radius 2 is 2.25 bits per heavy atom. The van der Waals surface area contributed by atoms with Crippen LogP contribution in [0.5, 0.6) is 0 Å². The minimum atomic E-state index is -0.0570. The predicted molar refractivity (Wildman–Crippen MR) is 79.8 cm³/mol. The summed E-state index contributed by atoms with van der Waals surface area (Å²) < 4.78 is 0.797. The summed E-state index contributed by atoms with van der Waals surface area (Å²) in [6.45, 7) is 0.437. The Balaban J connectivity index is 2.16.